The van der Waals surface area contributed by atoms with Gasteiger partial charge in [0.1, 0.15) is 0 Å². The molecule has 0 fully saturated rings. The molecule has 1 heterocycles. The molecule has 0 spiro atoms. The van der Waals surface area contributed by atoms with Gasteiger partial charge in [-0.1, -0.05) is 24.6 Å². The molecule has 0 radical (unpaired) electrons. The zero-order chi connectivity index (χ0) is 23.3. The van der Waals surface area contributed by atoms with E-state index in [4.69, 9.17) is 16.3 Å². The van der Waals surface area contributed by atoms with Crippen molar-refractivity contribution >= 4 is 34.8 Å². The van der Waals surface area contributed by atoms with Crippen molar-refractivity contribution in [1.29, 1.82) is 0 Å². The quantitative estimate of drug-likeness (QED) is 0.562. The Balaban J connectivity index is 1.76. The third-order valence-electron chi connectivity index (χ3n) is 4.57. The van der Waals surface area contributed by atoms with Crippen LogP contribution >= 0.6 is 11.6 Å². The molecule has 0 saturated carbocycles. The number of aromatic nitrogens is 2. The van der Waals surface area contributed by atoms with Gasteiger partial charge < -0.3 is 15.4 Å². The molecule has 8 nitrogen and oxygen atoms in total. The van der Waals surface area contributed by atoms with Gasteiger partial charge in [0.25, 0.3) is 11.5 Å². The number of nitrogens with zero attached hydrogens (tertiary/aromatic N) is 2. The van der Waals surface area contributed by atoms with Crippen molar-refractivity contribution in [2.75, 3.05) is 10.6 Å². The van der Waals surface area contributed by atoms with E-state index in [2.05, 4.69) is 15.7 Å². The van der Waals surface area contributed by atoms with Gasteiger partial charge in [-0.2, -0.15) is 4.68 Å². The molecule has 2 N–H and O–H groups in total. The minimum Gasteiger partial charge on any atom is -0.463 e. The summed E-state index contributed by atoms with van der Waals surface area (Å²) < 4.78 is 6.98. The van der Waals surface area contributed by atoms with Crippen LogP contribution in [-0.4, -0.2) is 27.7 Å². The number of hydrogen-bond acceptors (Lipinski definition) is 5. The number of rotatable bonds is 7. The van der Waals surface area contributed by atoms with Crippen LogP contribution in [0.5, 0.6) is 5.88 Å². The van der Waals surface area contributed by atoms with Gasteiger partial charge in [-0.15, -0.1) is 5.10 Å². The van der Waals surface area contributed by atoms with E-state index in [9.17, 15) is 14.4 Å². The Bertz CT molecular complexity index is 1190. The Morgan fingerprint density at radius 1 is 1.06 bits per heavy atom. The second kappa shape index (κ2) is 10.1. The summed E-state index contributed by atoms with van der Waals surface area (Å²) in [4.78, 5) is 36.2. The topological polar surface area (TPSA) is 102 Å². The molecule has 2 amide bonds. The minimum atomic E-state index is -0.830. The molecule has 32 heavy (non-hydrogen) atoms. The summed E-state index contributed by atoms with van der Waals surface area (Å²) in [5, 5.41) is 10.2. The van der Waals surface area contributed by atoms with Crippen molar-refractivity contribution in [3.63, 3.8) is 0 Å². The van der Waals surface area contributed by atoms with Gasteiger partial charge in [0.15, 0.2) is 6.10 Å². The Kier molecular flexibility index (Phi) is 7.27. The number of benzene rings is 2. The van der Waals surface area contributed by atoms with Gasteiger partial charge in [0, 0.05) is 35.5 Å². The van der Waals surface area contributed by atoms with Crippen molar-refractivity contribution in [1.82, 2.24) is 9.78 Å². The zero-order valence-corrected chi connectivity index (χ0v) is 18.6. The van der Waals surface area contributed by atoms with Crippen LogP contribution < -0.4 is 20.9 Å². The second-order valence-corrected chi connectivity index (χ2v) is 7.55. The maximum absolute atomic E-state index is 12.7. The molecule has 0 aliphatic carbocycles. The predicted octanol–water partition coefficient (Wildman–Crippen LogP) is 3.95. The second-order valence-electron chi connectivity index (χ2n) is 7.11. The van der Waals surface area contributed by atoms with Gasteiger partial charge in [0.05, 0.1) is 5.69 Å². The molecule has 0 saturated heterocycles. The smallest absolute Gasteiger partial charge is 0.271 e. The van der Waals surface area contributed by atoms with E-state index >= 15 is 0 Å². The average molecular weight is 455 g/mol. The summed E-state index contributed by atoms with van der Waals surface area (Å²) in [5.41, 5.74) is 2.18. The molecule has 0 aliphatic rings. The van der Waals surface area contributed by atoms with E-state index < -0.39 is 6.10 Å². The van der Waals surface area contributed by atoms with Crippen LogP contribution in [-0.2, 0) is 9.59 Å². The summed E-state index contributed by atoms with van der Waals surface area (Å²) in [7, 11) is 0. The van der Waals surface area contributed by atoms with Crippen molar-refractivity contribution in [2.45, 2.75) is 33.3 Å². The molecule has 1 aromatic heterocycles. The van der Waals surface area contributed by atoms with Crippen LogP contribution in [0.4, 0.5) is 11.4 Å². The van der Waals surface area contributed by atoms with Gasteiger partial charge in [-0.05, 0) is 55.3 Å². The highest BCUT2D eigenvalue weighted by molar-refractivity contribution is 6.30. The zero-order valence-electron chi connectivity index (χ0n) is 17.9. The fraction of sp³-hybridized carbons (Fsp3) is 0.217. The molecule has 3 aromatic rings. The Hall–Kier alpha value is -3.65. The third-order valence-corrected chi connectivity index (χ3v) is 4.81. The van der Waals surface area contributed by atoms with Crippen molar-refractivity contribution in [2.24, 2.45) is 0 Å². The monoisotopic (exact) mass is 454 g/mol. The molecule has 1 atom stereocenters. The van der Waals surface area contributed by atoms with Crippen LogP contribution in [0.25, 0.3) is 5.69 Å². The maximum Gasteiger partial charge on any atom is 0.271 e. The van der Waals surface area contributed by atoms with Gasteiger partial charge in [0.2, 0.25) is 11.8 Å². The number of carbonyl (C=O) groups is 2. The molecule has 9 heteroatoms. The summed E-state index contributed by atoms with van der Waals surface area (Å²) in [6.45, 7) is 5.07. The fourth-order valence-electron chi connectivity index (χ4n) is 2.97. The maximum atomic E-state index is 12.7. The number of amides is 2. The molecular formula is C23H23ClN4O4. The first-order valence-corrected chi connectivity index (χ1v) is 10.4. The molecule has 3 rings (SSSR count). The van der Waals surface area contributed by atoms with Crippen LogP contribution in [0.1, 0.15) is 25.8 Å². The van der Waals surface area contributed by atoms with E-state index in [0.29, 0.717) is 28.5 Å². The van der Waals surface area contributed by atoms with E-state index in [0.717, 1.165) is 5.56 Å². The van der Waals surface area contributed by atoms with Crippen molar-refractivity contribution in [3.05, 3.63) is 75.5 Å². The summed E-state index contributed by atoms with van der Waals surface area (Å²) in [6, 6.07) is 14.6. The number of hydrogen-bond donors (Lipinski definition) is 2. The molecule has 0 unspecified atom stereocenters. The SMILES string of the molecule is CC[C@H](Oc1ccc(=O)n(-c2cc(Cl)ccc2C)n1)C(=O)Nc1ccc(NC(C)=O)cc1. The molecule has 0 aliphatic heterocycles. The standard InChI is InChI=1S/C23H23ClN4O4/c1-4-20(23(31)26-18-9-7-17(8-10-18)25-15(3)29)32-21-11-12-22(30)28(27-21)19-13-16(24)6-5-14(19)2/h5-13,20H,4H2,1-3H3,(H,25,29)(H,26,31)/t20-/m0/s1. The summed E-state index contributed by atoms with van der Waals surface area (Å²) >= 11 is 6.07. The van der Waals surface area contributed by atoms with E-state index in [-0.39, 0.29) is 23.3 Å². The molecule has 166 valence electrons. The molecule has 0 bridgehead atoms. The number of aryl methyl sites for hydroxylation is 1. The lowest BCUT2D eigenvalue weighted by Gasteiger charge is -2.17. The first-order valence-electron chi connectivity index (χ1n) is 9.99. The number of carbonyl (C=O) groups excluding carboxylic acids is 2. The van der Waals surface area contributed by atoms with E-state index in [1.807, 2.05) is 6.92 Å². The molecular weight excluding hydrogens is 432 g/mol. The summed E-state index contributed by atoms with van der Waals surface area (Å²) in [5.74, 6) is -0.409. The first-order chi connectivity index (χ1) is 15.3. The van der Waals surface area contributed by atoms with Gasteiger partial charge in [-0.25, -0.2) is 0 Å². The minimum absolute atomic E-state index is 0.131. The predicted molar refractivity (Wildman–Crippen MR) is 124 cm³/mol. The lowest BCUT2D eigenvalue weighted by atomic mass is 10.2. The van der Waals surface area contributed by atoms with Gasteiger partial charge in [-0.3, -0.25) is 14.4 Å². The lowest BCUT2D eigenvalue weighted by molar-refractivity contribution is -0.123. The highest BCUT2D eigenvalue weighted by atomic mass is 35.5. The van der Waals surface area contributed by atoms with Crippen LogP contribution in [0.15, 0.2) is 59.4 Å². The van der Waals surface area contributed by atoms with Crippen LogP contribution in [0, 0.1) is 6.92 Å². The van der Waals surface area contributed by atoms with Crippen LogP contribution in [0.2, 0.25) is 5.02 Å². The Morgan fingerprint density at radius 2 is 1.72 bits per heavy atom. The van der Waals surface area contributed by atoms with E-state index in [1.165, 1.54) is 23.7 Å². The fourth-order valence-corrected chi connectivity index (χ4v) is 3.14. The van der Waals surface area contributed by atoms with Gasteiger partial charge >= 0.3 is 0 Å². The normalized spacial score (nSPS) is 11.5. The number of halogens is 1. The highest BCUT2D eigenvalue weighted by Crippen LogP contribution is 2.19. The highest BCUT2D eigenvalue weighted by Gasteiger charge is 2.20. The largest absolute Gasteiger partial charge is 0.463 e. The van der Waals surface area contributed by atoms with E-state index in [1.54, 1.807) is 49.4 Å². The molecule has 2 aromatic carbocycles. The summed E-state index contributed by atoms with van der Waals surface area (Å²) in [6.07, 6.45) is -0.448. The van der Waals surface area contributed by atoms with Crippen molar-refractivity contribution < 1.29 is 14.3 Å². The average Bonchev–Trinajstić information content (AvgIpc) is 2.76. The number of anilines is 2. The lowest BCUT2D eigenvalue weighted by Crippen LogP contribution is -2.33. The van der Waals surface area contributed by atoms with Crippen molar-refractivity contribution in [3.8, 4) is 11.6 Å². The third kappa shape index (κ3) is 5.73. The first kappa shape index (κ1) is 23.0. The number of nitrogens with one attached hydrogen (secondary N) is 2. The Morgan fingerprint density at radius 3 is 2.34 bits per heavy atom. The number of ether oxygens (including phenoxy) is 1. The Labute approximate surface area is 190 Å². The van der Waals surface area contributed by atoms with Crippen LogP contribution in [0.3, 0.4) is 0 Å².